The third-order valence-electron chi connectivity index (χ3n) is 3.23. The Balaban J connectivity index is 0.00000441. The van der Waals surface area contributed by atoms with Crippen LogP contribution in [0.1, 0.15) is 50.4 Å². The van der Waals surface area contributed by atoms with Gasteiger partial charge in [-0.05, 0) is 32.1 Å². The van der Waals surface area contributed by atoms with Crippen molar-refractivity contribution in [2.75, 3.05) is 13.6 Å². The molecule has 4 nitrogen and oxygen atoms in total. The zero-order valence-corrected chi connectivity index (χ0v) is 17.8. The van der Waals surface area contributed by atoms with Crippen LogP contribution in [-0.2, 0) is 6.42 Å². The molecule has 0 aliphatic rings. The molecule has 0 amide bonds. The van der Waals surface area contributed by atoms with E-state index in [4.69, 9.17) is 0 Å². The van der Waals surface area contributed by atoms with Gasteiger partial charge in [0, 0.05) is 37.1 Å². The number of aromatic nitrogens is 1. The Hall–Kier alpha value is -0.370. The van der Waals surface area contributed by atoms with E-state index in [1.165, 1.54) is 16.3 Å². The number of rotatable bonds is 6. The van der Waals surface area contributed by atoms with Crippen LogP contribution in [0.15, 0.2) is 11.2 Å². The molecule has 0 aliphatic carbocycles. The first-order valence-corrected chi connectivity index (χ1v) is 8.50. The Kier molecular flexibility index (Phi) is 10.2. The predicted molar refractivity (Wildman–Crippen MR) is 109 cm³/mol. The van der Waals surface area contributed by atoms with Gasteiger partial charge >= 0.3 is 0 Å². The molecule has 1 heterocycles. The number of thiazole rings is 1. The summed E-state index contributed by atoms with van der Waals surface area (Å²) in [6, 6.07) is 0.428. The monoisotopic (exact) mass is 438 g/mol. The van der Waals surface area contributed by atoms with E-state index in [0.717, 1.165) is 25.3 Å². The Morgan fingerprint density at radius 2 is 2.09 bits per heavy atom. The molecule has 6 heteroatoms. The normalized spacial score (nSPS) is 13.5. The zero-order chi connectivity index (χ0) is 15.9. The predicted octanol–water partition coefficient (Wildman–Crippen LogP) is 3.99. The molecular weight excluding hydrogens is 407 g/mol. The molecule has 1 aromatic heterocycles. The van der Waals surface area contributed by atoms with Crippen molar-refractivity contribution in [3.05, 3.63) is 16.1 Å². The van der Waals surface area contributed by atoms with Crippen molar-refractivity contribution in [1.82, 2.24) is 15.6 Å². The quantitative estimate of drug-likeness (QED) is 0.401. The number of halogens is 1. The minimum atomic E-state index is 0. The van der Waals surface area contributed by atoms with Crippen LogP contribution in [0.4, 0.5) is 0 Å². The summed E-state index contributed by atoms with van der Waals surface area (Å²) in [5.41, 5.74) is 0.385. The summed E-state index contributed by atoms with van der Waals surface area (Å²) in [5, 5.41) is 7.99. The van der Waals surface area contributed by atoms with Crippen LogP contribution < -0.4 is 10.6 Å². The zero-order valence-electron chi connectivity index (χ0n) is 14.7. The standard InChI is InChI=1S/C16H30N4S.HI/c1-12(7-9-16(3,4)5)20-15(17-6)18-10-8-14-19-11-13(2)21-14;/h11-12H,7-10H2,1-6H3,(H2,17,18,20);1H. The highest BCUT2D eigenvalue weighted by Crippen LogP contribution is 2.21. The fourth-order valence-corrected chi connectivity index (χ4v) is 2.74. The van der Waals surface area contributed by atoms with Crippen molar-refractivity contribution in [2.24, 2.45) is 10.4 Å². The van der Waals surface area contributed by atoms with E-state index in [0.29, 0.717) is 11.5 Å². The fourth-order valence-electron chi connectivity index (χ4n) is 1.95. The minimum absolute atomic E-state index is 0. The first kappa shape index (κ1) is 21.6. The van der Waals surface area contributed by atoms with Gasteiger partial charge < -0.3 is 10.6 Å². The molecule has 0 bridgehead atoms. The molecule has 0 aliphatic heterocycles. The van der Waals surface area contributed by atoms with Crippen LogP contribution >= 0.6 is 35.3 Å². The van der Waals surface area contributed by atoms with E-state index in [2.05, 4.69) is 55.2 Å². The van der Waals surface area contributed by atoms with E-state index < -0.39 is 0 Å². The Bertz CT molecular complexity index is 451. The van der Waals surface area contributed by atoms with Gasteiger partial charge in [-0.3, -0.25) is 4.99 Å². The maximum absolute atomic E-state index is 4.37. The van der Waals surface area contributed by atoms with Crippen LogP contribution in [-0.4, -0.2) is 30.6 Å². The van der Waals surface area contributed by atoms with Gasteiger partial charge in [-0.25, -0.2) is 4.98 Å². The molecule has 2 N–H and O–H groups in total. The summed E-state index contributed by atoms with van der Waals surface area (Å²) < 4.78 is 0. The number of hydrogen-bond donors (Lipinski definition) is 2. The summed E-state index contributed by atoms with van der Waals surface area (Å²) in [7, 11) is 1.82. The van der Waals surface area contributed by atoms with E-state index in [1.54, 1.807) is 11.3 Å². The molecule has 1 atom stereocenters. The van der Waals surface area contributed by atoms with E-state index in [1.807, 2.05) is 13.2 Å². The van der Waals surface area contributed by atoms with Crippen molar-refractivity contribution in [2.45, 2.75) is 59.9 Å². The SMILES string of the molecule is CN=C(NCCc1ncc(C)s1)NC(C)CCC(C)(C)C.I. The number of hydrogen-bond acceptors (Lipinski definition) is 3. The second-order valence-corrected chi connectivity index (χ2v) is 8.08. The van der Waals surface area contributed by atoms with E-state index in [9.17, 15) is 0 Å². The summed E-state index contributed by atoms with van der Waals surface area (Å²) in [4.78, 5) is 9.93. The van der Waals surface area contributed by atoms with Crippen LogP contribution in [0.3, 0.4) is 0 Å². The molecule has 0 spiro atoms. The van der Waals surface area contributed by atoms with Crippen LogP contribution in [0.5, 0.6) is 0 Å². The molecule has 1 rings (SSSR count). The van der Waals surface area contributed by atoms with Crippen molar-refractivity contribution in [3.8, 4) is 0 Å². The Labute approximate surface area is 156 Å². The van der Waals surface area contributed by atoms with Crippen LogP contribution in [0.25, 0.3) is 0 Å². The molecule has 0 saturated carbocycles. The fraction of sp³-hybridized carbons (Fsp3) is 0.750. The average molecular weight is 438 g/mol. The Morgan fingerprint density at radius 1 is 1.41 bits per heavy atom. The van der Waals surface area contributed by atoms with Gasteiger partial charge in [-0.2, -0.15) is 0 Å². The molecule has 0 radical (unpaired) electrons. The number of nitrogens with one attached hydrogen (secondary N) is 2. The number of aliphatic imine (C=N–C) groups is 1. The van der Waals surface area contributed by atoms with Crippen LogP contribution in [0.2, 0.25) is 0 Å². The molecule has 0 saturated heterocycles. The average Bonchev–Trinajstić information content (AvgIpc) is 2.80. The molecule has 0 fully saturated rings. The lowest BCUT2D eigenvalue weighted by atomic mass is 9.89. The van der Waals surface area contributed by atoms with Crippen molar-refractivity contribution in [1.29, 1.82) is 0 Å². The number of guanidine groups is 1. The van der Waals surface area contributed by atoms with E-state index >= 15 is 0 Å². The smallest absolute Gasteiger partial charge is 0.191 e. The van der Waals surface area contributed by atoms with Gasteiger partial charge in [-0.1, -0.05) is 20.8 Å². The summed E-state index contributed by atoms with van der Waals surface area (Å²) in [5.74, 6) is 0.879. The second-order valence-electron chi connectivity index (χ2n) is 6.76. The first-order chi connectivity index (χ1) is 9.80. The maximum atomic E-state index is 4.37. The largest absolute Gasteiger partial charge is 0.356 e. The lowest BCUT2D eigenvalue weighted by Crippen LogP contribution is -2.43. The maximum Gasteiger partial charge on any atom is 0.191 e. The summed E-state index contributed by atoms with van der Waals surface area (Å²) in [6.07, 6.45) is 5.23. The summed E-state index contributed by atoms with van der Waals surface area (Å²) >= 11 is 1.76. The van der Waals surface area contributed by atoms with Crippen molar-refractivity contribution < 1.29 is 0 Å². The number of nitrogens with zero attached hydrogens (tertiary/aromatic N) is 2. The minimum Gasteiger partial charge on any atom is -0.356 e. The van der Waals surface area contributed by atoms with Gasteiger partial charge in [-0.15, -0.1) is 35.3 Å². The third-order valence-corrected chi connectivity index (χ3v) is 4.21. The van der Waals surface area contributed by atoms with Gasteiger partial charge in [0.05, 0.1) is 5.01 Å². The second kappa shape index (κ2) is 10.4. The molecule has 1 unspecified atom stereocenters. The van der Waals surface area contributed by atoms with Gasteiger partial charge in [0.15, 0.2) is 5.96 Å². The lowest BCUT2D eigenvalue weighted by molar-refractivity contribution is 0.346. The van der Waals surface area contributed by atoms with E-state index in [-0.39, 0.29) is 24.0 Å². The summed E-state index contributed by atoms with van der Waals surface area (Å²) in [6.45, 7) is 12.0. The lowest BCUT2D eigenvalue weighted by Gasteiger charge is -2.23. The molecule has 1 aromatic rings. The molecule has 0 aromatic carbocycles. The number of aryl methyl sites for hydroxylation is 1. The highest BCUT2D eigenvalue weighted by atomic mass is 127. The third kappa shape index (κ3) is 9.61. The van der Waals surface area contributed by atoms with Gasteiger partial charge in [0.2, 0.25) is 0 Å². The first-order valence-electron chi connectivity index (χ1n) is 7.68. The van der Waals surface area contributed by atoms with Gasteiger partial charge in [0.1, 0.15) is 0 Å². The highest BCUT2D eigenvalue weighted by Gasteiger charge is 2.13. The molecular formula is C16H31IN4S. The van der Waals surface area contributed by atoms with Crippen molar-refractivity contribution >= 4 is 41.3 Å². The van der Waals surface area contributed by atoms with Crippen LogP contribution in [0, 0.1) is 12.3 Å². The van der Waals surface area contributed by atoms with Crippen molar-refractivity contribution in [3.63, 3.8) is 0 Å². The molecule has 22 heavy (non-hydrogen) atoms. The molecule has 128 valence electrons. The van der Waals surface area contributed by atoms with Gasteiger partial charge in [0.25, 0.3) is 0 Å². The highest BCUT2D eigenvalue weighted by molar-refractivity contribution is 14.0. The topological polar surface area (TPSA) is 49.3 Å². The Morgan fingerprint density at radius 3 is 2.59 bits per heavy atom.